The van der Waals surface area contributed by atoms with Gasteiger partial charge in [-0.3, -0.25) is 4.21 Å². The molecule has 0 spiro atoms. The van der Waals surface area contributed by atoms with E-state index in [1.807, 2.05) is 0 Å². The lowest BCUT2D eigenvalue weighted by Gasteiger charge is -2.23. The Labute approximate surface area is 120 Å². The van der Waals surface area contributed by atoms with Crippen LogP contribution >= 0.6 is 11.6 Å². The summed E-state index contributed by atoms with van der Waals surface area (Å²) in [4.78, 5) is 8.98. The molecule has 2 N–H and O–H groups in total. The quantitative estimate of drug-likeness (QED) is 0.808. The Morgan fingerprint density at radius 1 is 1.47 bits per heavy atom. The topological polar surface area (TPSA) is 75.1 Å². The smallest absolute Gasteiger partial charge is 0.224 e. The molecule has 0 bridgehead atoms. The Balaban J connectivity index is 2.32. The first-order valence-corrected chi connectivity index (χ1v) is 8.04. The predicted octanol–water partition coefficient (Wildman–Crippen LogP) is 1.61. The third kappa shape index (κ3) is 3.24. The molecule has 0 aliphatic carbocycles. The number of anilines is 1. The molecule has 1 unspecified atom stereocenters. The molecule has 1 aromatic rings. The van der Waals surface area contributed by atoms with Gasteiger partial charge in [-0.25, -0.2) is 4.98 Å². The van der Waals surface area contributed by atoms with Crippen molar-refractivity contribution in [3.05, 3.63) is 11.0 Å². The van der Waals surface area contributed by atoms with Crippen molar-refractivity contribution >= 4 is 28.2 Å². The Kier molecular flexibility index (Phi) is 4.76. The molecule has 2 atom stereocenters. The molecule has 0 amide bonds. The van der Waals surface area contributed by atoms with Gasteiger partial charge in [-0.15, -0.1) is 0 Å². The molecule has 0 fully saturated rings. The van der Waals surface area contributed by atoms with Gasteiger partial charge in [0, 0.05) is 24.8 Å². The number of rotatable bonds is 5. The molecule has 2 heterocycles. The molecule has 0 saturated heterocycles. The number of aliphatic hydroxyl groups excluding tert-OH is 1. The van der Waals surface area contributed by atoms with Crippen molar-refractivity contribution in [2.24, 2.45) is 5.92 Å². The van der Waals surface area contributed by atoms with Gasteiger partial charge in [-0.05, 0) is 23.9 Å². The Morgan fingerprint density at radius 3 is 2.84 bits per heavy atom. The lowest BCUT2D eigenvalue weighted by atomic mass is 10.0. The van der Waals surface area contributed by atoms with Crippen LogP contribution in [0.3, 0.4) is 0 Å². The van der Waals surface area contributed by atoms with Gasteiger partial charge in [0.05, 0.1) is 16.5 Å². The number of aliphatic hydroxyl groups is 1. The van der Waals surface area contributed by atoms with Crippen molar-refractivity contribution in [2.45, 2.75) is 37.6 Å². The van der Waals surface area contributed by atoms with Gasteiger partial charge in [0.1, 0.15) is 10.7 Å². The van der Waals surface area contributed by atoms with Crippen LogP contribution in [0.15, 0.2) is 4.90 Å². The zero-order valence-electron chi connectivity index (χ0n) is 11.0. The first kappa shape index (κ1) is 14.7. The van der Waals surface area contributed by atoms with Crippen molar-refractivity contribution < 1.29 is 9.32 Å². The molecule has 19 heavy (non-hydrogen) atoms. The minimum Gasteiger partial charge on any atom is -0.396 e. The van der Waals surface area contributed by atoms with Crippen LogP contribution in [0.5, 0.6) is 0 Å². The number of nitrogens with zero attached hydrogens (tertiary/aromatic N) is 2. The number of nitrogens with one attached hydrogen (secondary N) is 1. The number of aromatic nitrogens is 2. The number of fused-ring (bicyclic) bond motifs is 1. The van der Waals surface area contributed by atoms with E-state index in [1.54, 1.807) is 0 Å². The van der Waals surface area contributed by atoms with E-state index in [-0.39, 0.29) is 17.9 Å². The van der Waals surface area contributed by atoms with Crippen LogP contribution in [0.1, 0.15) is 26.0 Å². The average Bonchev–Trinajstić information content (AvgIpc) is 2.70. The lowest BCUT2D eigenvalue weighted by molar-refractivity contribution is 0.267. The molecular weight excluding hydrogens is 286 g/mol. The minimum atomic E-state index is -1.06. The zero-order valence-corrected chi connectivity index (χ0v) is 12.6. The SMILES string of the molecule is CC(C)[C@H](CCO)Nc1nc(Cl)nc2c1S(=O)CC2. The highest BCUT2D eigenvalue weighted by atomic mass is 35.5. The molecule has 2 rings (SSSR count). The van der Waals surface area contributed by atoms with Crippen LogP contribution in [0.25, 0.3) is 0 Å². The monoisotopic (exact) mass is 303 g/mol. The maximum Gasteiger partial charge on any atom is 0.224 e. The summed E-state index contributed by atoms with van der Waals surface area (Å²) >= 11 is 5.91. The third-order valence-corrected chi connectivity index (χ3v) is 4.86. The van der Waals surface area contributed by atoms with Gasteiger partial charge in [-0.1, -0.05) is 13.8 Å². The average molecular weight is 304 g/mol. The lowest BCUT2D eigenvalue weighted by Crippen LogP contribution is -2.28. The summed E-state index contributed by atoms with van der Waals surface area (Å²) in [5.74, 6) is 1.45. The largest absolute Gasteiger partial charge is 0.396 e. The molecule has 0 aromatic carbocycles. The van der Waals surface area contributed by atoms with E-state index in [1.165, 1.54) is 0 Å². The summed E-state index contributed by atoms with van der Waals surface area (Å²) in [6.07, 6.45) is 1.28. The van der Waals surface area contributed by atoms with E-state index >= 15 is 0 Å². The molecule has 0 radical (unpaired) electrons. The highest BCUT2D eigenvalue weighted by Gasteiger charge is 2.27. The van der Waals surface area contributed by atoms with E-state index in [9.17, 15) is 4.21 Å². The van der Waals surface area contributed by atoms with Gasteiger partial charge in [0.15, 0.2) is 0 Å². The first-order chi connectivity index (χ1) is 9.02. The standard InChI is InChI=1S/C12H18ClN3O2S/c1-7(2)8(3-5-17)14-11-10-9(4-6-19(10)18)15-12(13)16-11/h7-8,17H,3-6H2,1-2H3,(H,14,15,16)/t8-,19?/m0/s1. The molecule has 106 valence electrons. The molecule has 1 aromatic heterocycles. The van der Waals surface area contributed by atoms with E-state index in [2.05, 4.69) is 29.1 Å². The maximum atomic E-state index is 12.0. The van der Waals surface area contributed by atoms with Crippen molar-refractivity contribution in [2.75, 3.05) is 17.7 Å². The number of hydrogen-bond donors (Lipinski definition) is 2. The summed E-state index contributed by atoms with van der Waals surface area (Å²) in [7, 11) is -1.06. The fourth-order valence-corrected chi connectivity index (χ4v) is 3.65. The van der Waals surface area contributed by atoms with Crippen molar-refractivity contribution in [3.63, 3.8) is 0 Å². The van der Waals surface area contributed by atoms with Crippen LogP contribution in [0.4, 0.5) is 5.82 Å². The Hall–Kier alpha value is -0.720. The highest BCUT2D eigenvalue weighted by Crippen LogP contribution is 2.30. The van der Waals surface area contributed by atoms with Crippen molar-refractivity contribution in [1.82, 2.24) is 9.97 Å². The summed E-state index contributed by atoms with van der Waals surface area (Å²) < 4.78 is 12.0. The van der Waals surface area contributed by atoms with Gasteiger partial charge in [0.25, 0.3) is 0 Å². The summed E-state index contributed by atoms with van der Waals surface area (Å²) in [5.41, 5.74) is 0.771. The van der Waals surface area contributed by atoms with Crippen LogP contribution in [0, 0.1) is 5.92 Å². The van der Waals surface area contributed by atoms with E-state index < -0.39 is 10.8 Å². The molecule has 1 aliphatic heterocycles. The van der Waals surface area contributed by atoms with Gasteiger partial charge in [-0.2, -0.15) is 4.98 Å². The fraction of sp³-hybridized carbons (Fsp3) is 0.667. The number of aryl methyl sites for hydroxylation is 1. The van der Waals surface area contributed by atoms with Gasteiger partial charge in [0.2, 0.25) is 5.28 Å². The van der Waals surface area contributed by atoms with E-state index in [4.69, 9.17) is 16.7 Å². The minimum absolute atomic E-state index is 0.0673. The predicted molar refractivity (Wildman–Crippen MR) is 76.0 cm³/mol. The highest BCUT2D eigenvalue weighted by molar-refractivity contribution is 7.85. The van der Waals surface area contributed by atoms with Crippen molar-refractivity contribution in [1.29, 1.82) is 0 Å². The molecule has 0 saturated carbocycles. The molecule has 1 aliphatic rings. The van der Waals surface area contributed by atoms with Crippen LogP contribution in [0.2, 0.25) is 5.28 Å². The Bertz CT molecular complexity index is 496. The normalized spacial score (nSPS) is 19.5. The molecular formula is C12H18ClN3O2S. The molecule has 7 heteroatoms. The fourth-order valence-electron chi connectivity index (χ4n) is 2.15. The second-order valence-electron chi connectivity index (χ2n) is 4.92. The van der Waals surface area contributed by atoms with Crippen LogP contribution < -0.4 is 5.32 Å². The van der Waals surface area contributed by atoms with Gasteiger partial charge >= 0.3 is 0 Å². The second-order valence-corrected chi connectivity index (χ2v) is 6.77. The summed E-state index contributed by atoms with van der Waals surface area (Å²) in [6.45, 7) is 4.22. The van der Waals surface area contributed by atoms with Crippen molar-refractivity contribution in [3.8, 4) is 0 Å². The van der Waals surface area contributed by atoms with Gasteiger partial charge < -0.3 is 10.4 Å². The summed E-state index contributed by atoms with van der Waals surface area (Å²) in [6, 6.07) is 0.0673. The molecule has 5 nitrogen and oxygen atoms in total. The number of hydrogen-bond acceptors (Lipinski definition) is 5. The zero-order chi connectivity index (χ0) is 14.0. The van der Waals surface area contributed by atoms with Crippen LogP contribution in [-0.4, -0.2) is 37.7 Å². The maximum absolute atomic E-state index is 12.0. The Morgan fingerprint density at radius 2 is 2.21 bits per heavy atom. The van der Waals surface area contributed by atoms with E-state index in [0.717, 1.165) is 5.69 Å². The first-order valence-electron chi connectivity index (χ1n) is 6.35. The van der Waals surface area contributed by atoms with E-state index in [0.29, 0.717) is 35.2 Å². The van der Waals surface area contributed by atoms with Crippen LogP contribution in [-0.2, 0) is 17.2 Å². The third-order valence-electron chi connectivity index (χ3n) is 3.23. The summed E-state index contributed by atoms with van der Waals surface area (Å²) in [5, 5.41) is 12.5. The number of halogens is 1. The second kappa shape index (κ2) is 6.15.